The number of nitrogens with one attached hydrogen (secondary N) is 2. The second-order valence-corrected chi connectivity index (χ2v) is 8.45. The highest BCUT2D eigenvalue weighted by Gasteiger charge is 2.40. The van der Waals surface area contributed by atoms with Crippen molar-refractivity contribution >= 4 is 33.4 Å². The van der Waals surface area contributed by atoms with E-state index >= 15 is 0 Å². The van der Waals surface area contributed by atoms with Crippen LogP contribution in [0.15, 0.2) is 35.5 Å². The van der Waals surface area contributed by atoms with E-state index in [-0.39, 0.29) is 41.9 Å². The molecule has 2 aliphatic rings. The van der Waals surface area contributed by atoms with Crippen LogP contribution in [0.3, 0.4) is 0 Å². The molecule has 4 rings (SSSR count). The summed E-state index contributed by atoms with van der Waals surface area (Å²) in [6.07, 6.45) is 1.79. The first-order valence-corrected chi connectivity index (χ1v) is 10.6. The molecule has 3 heterocycles. The third-order valence-corrected chi connectivity index (χ3v) is 6.46. The Kier molecular flexibility index (Phi) is 4.61. The fourth-order valence-corrected chi connectivity index (χ4v) is 4.94. The van der Waals surface area contributed by atoms with Gasteiger partial charge in [-0.2, -0.15) is 13.5 Å². The predicted molar refractivity (Wildman–Crippen MR) is 101 cm³/mol. The Morgan fingerprint density at radius 1 is 1.24 bits per heavy atom. The maximum absolute atomic E-state index is 12.8. The van der Waals surface area contributed by atoms with E-state index in [9.17, 15) is 22.8 Å². The zero-order chi connectivity index (χ0) is 20.8. The lowest BCUT2D eigenvalue weighted by Gasteiger charge is -2.29. The van der Waals surface area contributed by atoms with Crippen molar-refractivity contribution in [2.45, 2.75) is 43.9 Å². The highest BCUT2D eigenvalue weighted by atomic mass is 32.2. The average molecular weight is 417 g/mol. The first kappa shape index (κ1) is 19.1. The van der Waals surface area contributed by atoms with Crippen molar-refractivity contribution in [1.29, 1.82) is 0 Å². The van der Waals surface area contributed by atoms with E-state index in [1.807, 2.05) is 0 Å². The number of imide groups is 1. The minimum absolute atomic E-state index is 0.0175. The Hall–Kier alpha value is -3.21. The maximum Gasteiger partial charge on any atom is 0.279 e. The van der Waals surface area contributed by atoms with E-state index in [0.717, 1.165) is 0 Å². The molecule has 0 bridgehead atoms. The van der Waals surface area contributed by atoms with Crippen molar-refractivity contribution < 1.29 is 22.8 Å². The quantitative estimate of drug-likeness (QED) is 0.680. The lowest BCUT2D eigenvalue weighted by Crippen LogP contribution is -2.52. The normalized spacial score (nSPS) is 19.3. The van der Waals surface area contributed by atoms with Crippen molar-refractivity contribution in [3.63, 3.8) is 0 Å². The molecule has 2 aliphatic heterocycles. The Balaban J connectivity index is 1.64. The molecule has 10 nitrogen and oxygen atoms in total. The molecule has 1 aromatic carbocycles. The van der Waals surface area contributed by atoms with Gasteiger partial charge in [0.15, 0.2) is 5.03 Å². The van der Waals surface area contributed by atoms with E-state index in [0.29, 0.717) is 17.7 Å². The van der Waals surface area contributed by atoms with Gasteiger partial charge in [-0.3, -0.25) is 29.1 Å². The Bertz CT molecular complexity index is 1120. The van der Waals surface area contributed by atoms with Crippen LogP contribution in [0.4, 0.5) is 5.69 Å². The van der Waals surface area contributed by atoms with Crippen LogP contribution in [0, 0.1) is 0 Å². The molecule has 2 N–H and O–H groups in total. The number of aromatic nitrogens is 2. The largest absolute Gasteiger partial charge is 0.322 e. The van der Waals surface area contributed by atoms with Crippen LogP contribution in [0.2, 0.25) is 0 Å². The highest BCUT2D eigenvalue weighted by Crippen LogP contribution is 2.33. The van der Waals surface area contributed by atoms with Crippen molar-refractivity contribution in [2.24, 2.45) is 0 Å². The summed E-state index contributed by atoms with van der Waals surface area (Å²) in [6, 6.07) is 5.39. The lowest BCUT2D eigenvalue weighted by atomic mass is 10.0. The number of nitrogens with zero attached hydrogens (tertiary/aromatic N) is 3. The molecule has 0 radical (unpaired) electrons. The summed E-state index contributed by atoms with van der Waals surface area (Å²) in [5.41, 5.74) is 1.10. The fourth-order valence-electron chi connectivity index (χ4n) is 3.66. The molecule has 29 heavy (non-hydrogen) atoms. The molecule has 1 aromatic heterocycles. The van der Waals surface area contributed by atoms with Gasteiger partial charge in [-0.15, -0.1) is 0 Å². The SMILES string of the molecule is CCn1nccc1S(=O)(=O)Nc1cccc2c1CN(C1CCC(=O)NC1=O)C2=O. The standard InChI is InChI=1S/C18H19N5O5S/c1-2-23-16(8-9-19-23)29(27,28)21-13-5-3-4-11-12(13)10-22(18(11)26)14-6-7-15(24)20-17(14)25/h3-5,8-9,14,21H,2,6-7,10H2,1H3,(H,20,24,25). The van der Waals surface area contributed by atoms with Crippen LogP contribution in [0.25, 0.3) is 0 Å². The number of hydrogen-bond acceptors (Lipinski definition) is 6. The number of rotatable bonds is 5. The van der Waals surface area contributed by atoms with E-state index in [1.54, 1.807) is 25.1 Å². The molecule has 152 valence electrons. The monoisotopic (exact) mass is 417 g/mol. The average Bonchev–Trinajstić information content (AvgIpc) is 3.28. The molecule has 1 fully saturated rings. The number of benzene rings is 1. The number of hydrogen-bond donors (Lipinski definition) is 2. The molecule has 1 saturated heterocycles. The molecular weight excluding hydrogens is 398 g/mol. The number of aryl methyl sites for hydroxylation is 1. The number of sulfonamides is 1. The predicted octanol–water partition coefficient (Wildman–Crippen LogP) is 0.465. The summed E-state index contributed by atoms with van der Waals surface area (Å²) >= 11 is 0. The van der Waals surface area contributed by atoms with Crippen LogP contribution in [-0.2, 0) is 32.7 Å². The van der Waals surface area contributed by atoms with E-state index in [1.165, 1.54) is 21.8 Å². The number of carbonyl (C=O) groups excluding carboxylic acids is 3. The topological polar surface area (TPSA) is 130 Å². The summed E-state index contributed by atoms with van der Waals surface area (Å²) in [5.74, 6) is -1.25. The van der Waals surface area contributed by atoms with Crippen LogP contribution in [0.1, 0.15) is 35.7 Å². The number of fused-ring (bicyclic) bond motifs is 1. The van der Waals surface area contributed by atoms with Crippen LogP contribution in [-0.4, -0.2) is 46.9 Å². The number of anilines is 1. The Labute approximate surface area is 166 Å². The van der Waals surface area contributed by atoms with Crippen LogP contribution < -0.4 is 10.0 Å². The minimum atomic E-state index is -3.92. The summed E-state index contributed by atoms with van der Waals surface area (Å²) in [5, 5.41) is 6.24. The van der Waals surface area contributed by atoms with Gasteiger partial charge in [-0.1, -0.05) is 6.07 Å². The first-order chi connectivity index (χ1) is 13.8. The highest BCUT2D eigenvalue weighted by molar-refractivity contribution is 7.92. The summed E-state index contributed by atoms with van der Waals surface area (Å²) < 4.78 is 29.5. The summed E-state index contributed by atoms with van der Waals surface area (Å²) in [4.78, 5) is 37.8. The molecule has 0 spiro atoms. The molecule has 11 heteroatoms. The molecule has 1 unspecified atom stereocenters. The number of piperidine rings is 1. The second-order valence-electron chi connectivity index (χ2n) is 6.82. The maximum atomic E-state index is 12.8. The minimum Gasteiger partial charge on any atom is -0.322 e. The second kappa shape index (κ2) is 6.99. The summed E-state index contributed by atoms with van der Waals surface area (Å²) in [6.45, 7) is 2.24. The zero-order valence-corrected chi connectivity index (χ0v) is 16.4. The molecule has 0 saturated carbocycles. The first-order valence-electron chi connectivity index (χ1n) is 9.13. The molecule has 2 aromatic rings. The molecule has 0 aliphatic carbocycles. The molecule has 1 atom stereocenters. The van der Waals surface area contributed by atoms with Gasteiger partial charge in [-0.05, 0) is 31.5 Å². The van der Waals surface area contributed by atoms with Gasteiger partial charge < -0.3 is 4.90 Å². The Morgan fingerprint density at radius 2 is 2.03 bits per heavy atom. The molecule has 3 amide bonds. The van der Waals surface area contributed by atoms with E-state index in [4.69, 9.17) is 0 Å². The number of amides is 3. The third-order valence-electron chi connectivity index (χ3n) is 5.08. The zero-order valence-electron chi connectivity index (χ0n) is 15.6. The smallest absolute Gasteiger partial charge is 0.279 e. The van der Waals surface area contributed by atoms with Crippen molar-refractivity contribution in [1.82, 2.24) is 20.0 Å². The van der Waals surface area contributed by atoms with Gasteiger partial charge in [-0.25, -0.2) is 0 Å². The van der Waals surface area contributed by atoms with E-state index < -0.39 is 22.0 Å². The van der Waals surface area contributed by atoms with Crippen LogP contribution >= 0.6 is 0 Å². The Morgan fingerprint density at radius 3 is 2.76 bits per heavy atom. The van der Waals surface area contributed by atoms with Gasteiger partial charge in [0.2, 0.25) is 11.8 Å². The number of carbonyl (C=O) groups is 3. The van der Waals surface area contributed by atoms with Crippen molar-refractivity contribution in [3.05, 3.63) is 41.6 Å². The van der Waals surface area contributed by atoms with Gasteiger partial charge in [0, 0.05) is 30.6 Å². The van der Waals surface area contributed by atoms with Gasteiger partial charge in [0.25, 0.3) is 15.9 Å². The van der Waals surface area contributed by atoms with E-state index in [2.05, 4.69) is 15.1 Å². The third kappa shape index (κ3) is 3.27. The lowest BCUT2D eigenvalue weighted by molar-refractivity contribution is -0.136. The summed E-state index contributed by atoms with van der Waals surface area (Å²) in [7, 11) is -3.92. The van der Waals surface area contributed by atoms with Crippen molar-refractivity contribution in [2.75, 3.05) is 4.72 Å². The van der Waals surface area contributed by atoms with Gasteiger partial charge in [0.05, 0.1) is 11.9 Å². The van der Waals surface area contributed by atoms with Gasteiger partial charge >= 0.3 is 0 Å². The fraction of sp³-hybridized carbons (Fsp3) is 0.333. The molecular formula is C18H19N5O5S. The van der Waals surface area contributed by atoms with Gasteiger partial charge in [0.1, 0.15) is 6.04 Å². The van der Waals surface area contributed by atoms with Crippen molar-refractivity contribution in [3.8, 4) is 0 Å². The van der Waals surface area contributed by atoms with Crippen LogP contribution in [0.5, 0.6) is 0 Å².